The normalized spacial score (nSPS) is 10.4. The minimum atomic E-state index is -0.922. The smallest absolute Gasteiger partial charge is 0.335 e. The van der Waals surface area contributed by atoms with E-state index >= 15 is 0 Å². The number of carboxylic acid groups (broad SMARTS) is 1. The Morgan fingerprint density at radius 1 is 1.05 bits per heavy atom. The van der Waals surface area contributed by atoms with Gasteiger partial charge in [0.15, 0.2) is 0 Å². The van der Waals surface area contributed by atoms with Gasteiger partial charge >= 0.3 is 5.97 Å². The average Bonchev–Trinajstić information content (AvgIpc) is 2.45. The topological polar surface area (TPSA) is 49.3 Å². The first kappa shape index (κ1) is 14.2. The van der Waals surface area contributed by atoms with Crippen LogP contribution in [0.3, 0.4) is 0 Å². The van der Waals surface area contributed by atoms with Gasteiger partial charge < -0.3 is 10.4 Å². The molecule has 2 N–H and O–H groups in total. The van der Waals surface area contributed by atoms with Crippen molar-refractivity contribution in [2.24, 2.45) is 0 Å². The summed E-state index contributed by atoms with van der Waals surface area (Å²) in [6.45, 7) is 1.03. The first-order valence-corrected chi connectivity index (χ1v) is 6.44. The molecule has 0 fully saturated rings. The molecule has 0 heterocycles. The molecule has 0 aromatic heterocycles. The number of nitrogens with one attached hydrogen (secondary N) is 1. The molecule has 20 heavy (non-hydrogen) atoms. The van der Waals surface area contributed by atoms with E-state index in [9.17, 15) is 9.18 Å². The molecule has 0 radical (unpaired) electrons. The summed E-state index contributed by atoms with van der Waals surface area (Å²) >= 11 is 0. The fraction of sp³-hybridized carbons (Fsp3) is 0.188. The number of benzene rings is 2. The van der Waals surface area contributed by atoms with E-state index in [0.717, 1.165) is 5.56 Å². The zero-order valence-corrected chi connectivity index (χ0v) is 11.0. The third-order valence-corrected chi connectivity index (χ3v) is 3.09. The van der Waals surface area contributed by atoms with E-state index in [1.807, 2.05) is 6.07 Å². The minimum Gasteiger partial charge on any atom is -0.478 e. The zero-order chi connectivity index (χ0) is 14.4. The van der Waals surface area contributed by atoms with Crippen LogP contribution in [0.5, 0.6) is 0 Å². The van der Waals surface area contributed by atoms with Crippen LogP contribution < -0.4 is 5.32 Å². The lowest BCUT2D eigenvalue weighted by Gasteiger charge is -2.08. The van der Waals surface area contributed by atoms with Crippen molar-refractivity contribution < 1.29 is 14.3 Å². The van der Waals surface area contributed by atoms with Crippen LogP contribution in [0.25, 0.3) is 0 Å². The molecule has 0 amide bonds. The Labute approximate surface area is 117 Å². The van der Waals surface area contributed by atoms with Crippen molar-refractivity contribution in [2.75, 3.05) is 6.54 Å². The predicted molar refractivity (Wildman–Crippen MR) is 75.2 cm³/mol. The number of hydrogen-bond acceptors (Lipinski definition) is 2. The van der Waals surface area contributed by atoms with Gasteiger partial charge in [-0.2, -0.15) is 0 Å². The Morgan fingerprint density at radius 2 is 1.70 bits per heavy atom. The standard InChI is InChI=1S/C16H16FNO2/c17-15-8-4-2-6-13(15)11-18-10-9-12-5-1-3-7-14(12)16(19)20/h1-8,18H,9-11H2,(H,19,20). The van der Waals surface area contributed by atoms with Gasteiger partial charge in [0.2, 0.25) is 0 Å². The highest BCUT2D eigenvalue weighted by molar-refractivity contribution is 5.89. The van der Waals surface area contributed by atoms with Gasteiger partial charge in [0.1, 0.15) is 5.82 Å². The number of carbonyl (C=O) groups is 1. The molecule has 4 heteroatoms. The van der Waals surface area contributed by atoms with Gasteiger partial charge in [-0.3, -0.25) is 0 Å². The highest BCUT2D eigenvalue weighted by atomic mass is 19.1. The number of aromatic carboxylic acids is 1. The first-order valence-electron chi connectivity index (χ1n) is 6.44. The largest absolute Gasteiger partial charge is 0.478 e. The Hall–Kier alpha value is -2.20. The zero-order valence-electron chi connectivity index (χ0n) is 11.0. The summed E-state index contributed by atoms with van der Waals surface area (Å²) in [4.78, 5) is 11.1. The van der Waals surface area contributed by atoms with Crippen LogP contribution in [0.1, 0.15) is 21.5 Å². The average molecular weight is 273 g/mol. The fourth-order valence-corrected chi connectivity index (χ4v) is 2.03. The van der Waals surface area contributed by atoms with Gasteiger partial charge in [-0.25, -0.2) is 9.18 Å². The van der Waals surface area contributed by atoms with Crippen molar-refractivity contribution in [3.63, 3.8) is 0 Å². The molecule has 0 unspecified atom stereocenters. The van der Waals surface area contributed by atoms with Crippen LogP contribution in [-0.4, -0.2) is 17.6 Å². The summed E-state index contributed by atoms with van der Waals surface area (Å²) in [5.74, 6) is -1.15. The van der Waals surface area contributed by atoms with E-state index in [0.29, 0.717) is 30.6 Å². The maximum absolute atomic E-state index is 13.4. The van der Waals surface area contributed by atoms with Crippen LogP contribution >= 0.6 is 0 Å². The van der Waals surface area contributed by atoms with E-state index in [2.05, 4.69) is 5.32 Å². The summed E-state index contributed by atoms with van der Waals surface area (Å²) in [5, 5.41) is 12.2. The van der Waals surface area contributed by atoms with E-state index in [1.165, 1.54) is 6.07 Å². The van der Waals surface area contributed by atoms with Crippen molar-refractivity contribution in [1.29, 1.82) is 0 Å². The van der Waals surface area contributed by atoms with E-state index in [4.69, 9.17) is 5.11 Å². The van der Waals surface area contributed by atoms with Crippen LogP contribution in [0, 0.1) is 5.82 Å². The van der Waals surface area contributed by atoms with Crippen LogP contribution in [0.15, 0.2) is 48.5 Å². The summed E-state index contributed by atoms with van der Waals surface area (Å²) in [6, 6.07) is 13.5. The number of hydrogen-bond donors (Lipinski definition) is 2. The molecule has 0 aliphatic rings. The van der Waals surface area contributed by atoms with Crippen molar-refractivity contribution in [3.05, 3.63) is 71.0 Å². The molecular weight excluding hydrogens is 257 g/mol. The number of carboxylic acids is 1. The SMILES string of the molecule is O=C(O)c1ccccc1CCNCc1ccccc1F. The lowest BCUT2D eigenvalue weighted by Crippen LogP contribution is -2.18. The van der Waals surface area contributed by atoms with Gasteiger partial charge in [-0.15, -0.1) is 0 Å². The maximum Gasteiger partial charge on any atom is 0.335 e. The molecule has 0 bridgehead atoms. The molecule has 0 aliphatic heterocycles. The van der Waals surface area contributed by atoms with Crippen molar-refractivity contribution in [2.45, 2.75) is 13.0 Å². The molecule has 0 aliphatic carbocycles. The molecular formula is C16H16FNO2. The molecule has 0 atom stereocenters. The summed E-state index contributed by atoms with van der Waals surface area (Å²) in [5.41, 5.74) is 1.71. The van der Waals surface area contributed by atoms with E-state index in [-0.39, 0.29) is 5.82 Å². The summed E-state index contributed by atoms with van der Waals surface area (Å²) in [6.07, 6.45) is 0.594. The monoisotopic (exact) mass is 273 g/mol. The van der Waals surface area contributed by atoms with E-state index in [1.54, 1.807) is 36.4 Å². The van der Waals surface area contributed by atoms with Crippen LogP contribution in [-0.2, 0) is 13.0 Å². The third-order valence-electron chi connectivity index (χ3n) is 3.09. The second-order valence-corrected chi connectivity index (χ2v) is 4.48. The van der Waals surface area contributed by atoms with Crippen molar-refractivity contribution >= 4 is 5.97 Å². The van der Waals surface area contributed by atoms with Crippen molar-refractivity contribution in [3.8, 4) is 0 Å². The second-order valence-electron chi connectivity index (χ2n) is 4.48. The molecule has 0 saturated heterocycles. The Morgan fingerprint density at radius 3 is 2.40 bits per heavy atom. The molecule has 0 spiro atoms. The van der Waals surface area contributed by atoms with Crippen LogP contribution in [0.4, 0.5) is 4.39 Å². The third kappa shape index (κ3) is 3.65. The summed E-state index contributed by atoms with van der Waals surface area (Å²) < 4.78 is 13.4. The van der Waals surface area contributed by atoms with Gasteiger partial charge in [0.05, 0.1) is 5.56 Å². The second kappa shape index (κ2) is 6.82. The molecule has 104 valence electrons. The van der Waals surface area contributed by atoms with Crippen molar-refractivity contribution in [1.82, 2.24) is 5.32 Å². The Bertz CT molecular complexity index is 599. The van der Waals surface area contributed by atoms with Gasteiger partial charge in [0, 0.05) is 12.1 Å². The quantitative estimate of drug-likeness (QED) is 0.796. The lowest BCUT2D eigenvalue weighted by molar-refractivity contribution is 0.0695. The maximum atomic E-state index is 13.4. The first-order chi connectivity index (χ1) is 9.68. The molecule has 0 saturated carbocycles. The highest BCUT2D eigenvalue weighted by Gasteiger charge is 2.08. The van der Waals surface area contributed by atoms with Gasteiger partial charge in [-0.05, 0) is 30.7 Å². The van der Waals surface area contributed by atoms with E-state index < -0.39 is 5.97 Å². The predicted octanol–water partition coefficient (Wildman–Crippen LogP) is 2.86. The fourth-order valence-electron chi connectivity index (χ4n) is 2.03. The van der Waals surface area contributed by atoms with Gasteiger partial charge in [-0.1, -0.05) is 36.4 Å². The molecule has 3 nitrogen and oxygen atoms in total. The minimum absolute atomic E-state index is 0.231. The molecule has 2 rings (SSSR count). The molecule has 2 aromatic carbocycles. The Kier molecular flexibility index (Phi) is 4.85. The molecule has 2 aromatic rings. The van der Waals surface area contributed by atoms with Gasteiger partial charge in [0.25, 0.3) is 0 Å². The highest BCUT2D eigenvalue weighted by Crippen LogP contribution is 2.09. The van der Waals surface area contributed by atoms with Crippen LogP contribution in [0.2, 0.25) is 0 Å². The lowest BCUT2D eigenvalue weighted by atomic mass is 10.0. The number of rotatable bonds is 6. The Balaban J connectivity index is 1.88. The number of halogens is 1. The summed E-state index contributed by atoms with van der Waals surface area (Å²) in [7, 11) is 0.